The number of halogens is 2. The molecule has 2 aromatic carbocycles. The largest absolute Gasteiger partial charge is 0.278 e. The summed E-state index contributed by atoms with van der Waals surface area (Å²) in [5.41, 5.74) is 2.18. The molecule has 0 saturated heterocycles. The molecule has 20 heavy (non-hydrogen) atoms. The van der Waals surface area contributed by atoms with Gasteiger partial charge in [-0.2, -0.15) is 0 Å². The van der Waals surface area contributed by atoms with Crippen LogP contribution in [0.15, 0.2) is 45.8 Å². The molecule has 6 heteroatoms. The summed E-state index contributed by atoms with van der Waals surface area (Å²) in [6.07, 6.45) is 0. The first kappa shape index (κ1) is 15.0. The Kier molecular flexibility index (Phi) is 4.15. The van der Waals surface area contributed by atoms with Crippen molar-refractivity contribution in [2.24, 2.45) is 0 Å². The summed E-state index contributed by atoms with van der Waals surface area (Å²) in [4.78, 5) is -0.369. The van der Waals surface area contributed by atoms with Crippen molar-refractivity contribution >= 4 is 31.6 Å². The van der Waals surface area contributed by atoms with Crippen LogP contribution < -0.4 is 4.72 Å². The molecule has 0 unspecified atom stereocenters. The van der Waals surface area contributed by atoms with Gasteiger partial charge in [0.05, 0.1) is 5.69 Å². The second-order valence-electron chi connectivity index (χ2n) is 4.47. The molecule has 0 saturated carbocycles. The van der Waals surface area contributed by atoms with Gasteiger partial charge in [0.2, 0.25) is 0 Å². The van der Waals surface area contributed by atoms with Gasteiger partial charge in [0.15, 0.2) is 0 Å². The first-order valence-corrected chi connectivity index (χ1v) is 8.13. The molecule has 0 aromatic heterocycles. The highest BCUT2D eigenvalue weighted by atomic mass is 79.9. The second kappa shape index (κ2) is 5.54. The topological polar surface area (TPSA) is 46.2 Å². The Morgan fingerprint density at radius 2 is 1.80 bits per heavy atom. The number of benzene rings is 2. The lowest BCUT2D eigenvalue weighted by atomic mass is 10.1. The smallest absolute Gasteiger partial charge is 0.264 e. The number of rotatable bonds is 3. The van der Waals surface area contributed by atoms with Crippen LogP contribution in [-0.2, 0) is 10.0 Å². The van der Waals surface area contributed by atoms with Gasteiger partial charge in [-0.3, -0.25) is 4.72 Å². The van der Waals surface area contributed by atoms with E-state index in [2.05, 4.69) is 20.7 Å². The zero-order valence-corrected chi connectivity index (χ0v) is 13.3. The summed E-state index contributed by atoms with van der Waals surface area (Å²) in [7, 11) is -3.96. The van der Waals surface area contributed by atoms with Crippen molar-refractivity contribution < 1.29 is 12.8 Å². The molecular weight excluding hydrogens is 345 g/mol. The molecule has 3 nitrogen and oxygen atoms in total. The first-order valence-electron chi connectivity index (χ1n) is 5.85. The van der Waals surface area contributed by atoms with Gasteiger partial charge < -0.3 is 0 Å². The molecular formula is C14H13BrFNO2S. The molecule has 0 bridgehead atoms. The van der Waals surface area contributed by atoms with Crippen molar-refractivity contribution in [1.82, 2.24) is 0 Å². The molecule has 1 N–H and O–H groups in total. The van der Waals surface area contributed by atoms with Crippen molar-refractivity contribution in [1.29, 1.82) is 0 Å². The lowest BCUT2D eigenvalue weighted by Crippen LogP contribution is -2.15. The minimum absolute atomic E-state index is 0.369. The van der Waals surface area contributed by atoms with E-state index in [1.807, 2.05) is 13.0 Å². The summed E-state index contributed by atoms with van der Waals surface area (Å²) >= 11 is 3.32. The van der Waals surface area contributed by atoms with E-state index in [1.54, 1.807) is 13.0 Å². The van der Waals surface area contributed by atoms with Crippen LogP contribution in [-0.4, -0.2) is 8.42 Å². The number of aryl methyl sites for hydroxylation is 2. The molecule has 106 valence electrons. The Labute approximate surface area is 126 Å². The minimum atomic E-state index is -3.96. The Bertz CT molecular complexity index is 737. The van der Waals surface area contributed by atoms with Gasteiger partial charge in [-0.1, -0.05) is 18.2 Å². The number of hydrogen-bond donors (Lipinski definition) is 1. The SMILES string of the molecule is Cc1cc(C)c(NS(=O)(=O)c2ccccc2F)c(Br)c1. The Morgan fingerprint density at radius 1 is 1.15 bits per heavy atom. The fourth-order valence-corrected chi connectivity index (χ4v) is 4.03. The third-order valence-electron chi connectivity index (χ3n) is 2.79. The van der Waals surface area contributed by atoms with E-state index in [0.717, 1.165) is 17.2 Å². The van der Waals surface area contributed by atoms with Crippen molar-refractivity contribution in [2.75, 3.05) is 4.72 Å². The van der Waals surface area contributed by atoms with Crippen molar-refractivity contribution in [3.8, 4) is 0 Å². The van der Waals surface area contributed by atoms with Crippen molar-refractivity contribution in [3.05, 3.63) is 57.8 Å². The summed E-state index contributed by atoms with van der Waals surface area (Å²) < 4.78 is 41.1. The number of hydrogen-bond acceptors (Lipinski definition) is 2. The molecule has 0 atom stereocenters. The number of anilines is 1. The maximum atomic E-state index is 13.6. The summed E-state index contributed by atoms with van der Waals surface area (Å²) in [6.45, 7) is 3.70. The van der Waals surface area contributed by atoms with Crippen LogP contribution in [0.4, 0.5) is 10.1 Å². The summed E-state index contributed by atoms with van der Waals surface area (Å²) in [5, 5.41) is 0. The highest BCUT2D eigenvalue weighted by Gasteiger charge is 2.20. The normalized spacial score (nSPS) is 11.4. The van der Waals surface area contributed by atoms with Gasteiger partial charge in [-0.25, -0.2) is 12.8 Å². The van der Waals surface area contributed by atoms with E-state index < -0.39 is 15.8 Å². The number of nitrogens with one attached hydrogen (secondary N) is 1. The monoisotopic (exact) mass is 357 g/mol. The summed E-state index contributed by atoms with van der Waals surface area (Å²) in [6, 6.07) is 8.92. The van der Waals surface area contributed by atoms with E-state index in [4.69, 9.17) is 0 Å². The van der Waals surface area contributed by atoms with E-state index in [1.165, 1.54) is 18.2 Å². The lowest BCUT2D eigenvalue weighted by Gasteiger charge is -2.13. The maximum absolute atomic E-state index is 13.6. The Balaban J connectivity index is 2.47. The van der Waals surface area contributed by atoms with E-state index in [0.29, 0.717) is 10.2 Å². The van der Waals surface area contributed by atoms with Crippen molar-refractivity contribution in [3.63, 3.8) is 0 Å². The molecule has 0 radical (unpaired) electrons. The molecule has 0 aliphatic carbocycles. The minimum Gasteiger partial charge on any atom is -0.278 e. The molecule has 0 fully saturated rings. The zero-order chi connectivity index (χ0) is 14.9. The van der Waals surface area contributed by atoms with Gasteiger partial charge in [0.25, 0.3) is 10.0 Å². The Morgan fingerprint density at radius 3 is 2.40 bits per heavy atom. The molecule has 0 amide bonds. The second-order valence-corrected chi connectivity index (χ2v) is 6.98. The zero-order valence-electron chi connectivity index (χ0n) is 10.9. The van der Waals surface area contributed by atoms with Crippen LogP contribution in [0.3, 0.4) is 0 Å². The molecule has 0 aliphatic rings. The van der Waals surface area contributed by atoms with Crippen LogP contribution in [0.25, 0.3) is 0 Å². The van der Waals surface area contributed by atoms with Gasteiger partial charge in [0, 0.05) is 4.47 Å². The van der Waals surface area contributed by atoms with Gasteiger partial charge in [-0.15, -0.1) is 0 Å². The van der Waals surface area contributed by atoms with E-state index >= 15 is 0 Å². The van der Waals surface area contributed by atoms with Crippen molar-refractivity contribution in [2.45, 2.75) is 18.7 Å². The fourth-order valence-electron chi connectivity index (χ4n) is 1.90. The molecule has 0 heterocycles. The summed E-state index contributed by atoms with van der Waals surface area (Å²) in [5.74, 6) is -0.777. The standard InChI is InChI=1S/C14H13BrFNO2S/c1-9-7-10(2)14(11(15)8-9)17-20(18,19)13-6-4-3-5-12(13)16/h3-8,17H,1-2H3. The third kappa shape index (κ3) is 3.02. The van der Waals surface area contributed by atoms with Crippen LogP contribution in [0, 0.1) is 19.7 Å². The highest BCUT2D eigenvalue weighted by Crippen LogP contribution is 2.30. The molecule has 0 spiro atoms. The predicted molar refractivity (Wildman–Crippen MR) is 80.8 cm³/mol. The van der Waals surface area contributed by atoms with E-state index in [9.17, 15) is 12.8 Å². The van der Waals surface area contributed by atoms with Crippen LogP contribution >= 0.6 is 15.9 Å². The van der Waals surface area contributed by atoms with Crippen LogP contribution in [0.1, 0.15) is 11.1 Å². The third-order valence-corrected chi connectivity index (χ3v) is 4.80. The van der Waals surface area contributed by atoms with Gasteiger partial charge in [0.1, 0.15) is 10.7 Å². The van der Waals surface area contributed by atoms with Crippen LogP contribution in [0.2, 0.25) is 0 Å². The molecule has 2 rings (SSSR count). The Hall–Kier alpha value is -1.40. The average molecular weight is 358 g/mol. The fraction of sp³-hybridized carbons (Fsp3) is 0.143. The molecule has 2 aromatic rings. The molecule has 0 aliphatic heterocycles. The van der Waals surface area contributed by atoms with E-state index in [-0.39, 0.29) is 4.90 Å². The first-order chi connectivity index (χ1) is 9.31. The highest BCUT2D eigenvalue weighted by molar-refractivity contribution is 9.10. The predicted octanol–water partition coefficient (Wildman–Crippen LogP) is 4.01. The van der Waals surface area contributed by atoms with Crippen LogP contribution in [0.5, 0.6) is 0 Å². The average Bonchev–Trinajstić information content (AvgIpc) is 2.34. The number of sulfonamides is 1. The van der Waals surface area contributed by atoms with Gasteiger partial charge >= 0.3 is 0 Å². The maximum Gasteiger partial charge on any atom is 0.264 e. The quantitative estimate of drug-likeness (QED) is 0.901. The lowest BCUT2D eigenvalue weighted by molar-refractivity contribution is 0.570. The van der Waals surface area contributed by atoms with Gasteiger partial charge in [-0.05, 0) is 59.1 Å².